The van der Waals surface area contributed by atoms with Crippen LogP contribution in [-0.4, -0.2) is 14.3 Å². The van der Waals surface area contributed by atoms with Crippen molar-refractivity contribution in [2.75, 3.05) is 0 Å². The molecule has 0 amide bonds. The Bertz CT molecular complexity index is 1900. The van der Waals surface area contributed by atoms with Crippen LogP contribution >= 0.6 is 0 Å². The second-order valence-corrected chi connectivity index (χ2v) is 19.9. The molecule has 0 heterocycles. The molecule has 6 rings (SSSR count). The molecule has 0 saturated heterocycles. The Hall–Kier alpha value is -3.51. The van der Waals surface area contributed by atoms with Gasteiger partial charge in [-0.3, -0.25) is 0 Å². The van der Waals surface area contributed by atoms with Gasteiger partial charge in [-0.25, -0.2) is 0 Å². The summed E-state index contributed by atoms with van der Waals surface area (Å²) >= 11 is -2.38. The molecule has 0 N–H and O–H groups in total. The van der Waals surface area contributed by atoms with Crippen molar-refractivity contribution in [2.45, 2.75) is 88.8 Å². The predicted octanol–water partition coefficient (Wildman–Crippen LogP) is 12.7. The van der Waals surface area contributed by atoms with Gasteiger partial charge in [0.05, 0.1) is 0 Å². The molecule has 52 heavy (non-hydrogen) atoms. The van der Waals surface area contributed by atoms with E-state index in [1.54, 1.807) is 8.79 Å². The normalized spacial score (nSPS) is 11.0. The summed E-state index contributed by atoms with van der Waals surface area (Å²) in [7, 11) is 0. The van der Waals surface area contributed by atoms with E-state index in [4.69, 9.17) is 0 Å². The summed E-state index contributed by atoms with van der Waals surface area (Å²) in [6.45, 7) is 27.3. The summed E-state index contributed by atoms with van der Waals surface area (Å²) in [6.07, 6.45) is 0. The molecule has 0 aliphatic rings. The molecule has 0 saturated carbocycles. The van der Waals surface area contributed by atoms with Crippen LogP contribution < -0.4 is 8.79 Å². The van der Waals surface area contributed by atoms with Crippen molar-refractivity contribution in [1.29, 1.82) is 0 Å². The van der Waals surface area contributed by atoms with Gasteiger partial charge in [-0.2, -0.15) is 0 Å². The average Bonchev–Trinajstić information content (AvgIpc) is 2.99. The average molecular weight is 795 g/mol. The Kier molecular flexibility index (Phi) is 12.9. The third-order valence-electron chi connectivity index (χ3n) is 10.7. The minimum Gasteiger partial charge on any atom is -0.358 e. The summed E-state index contributed by atoms with van der Waals surface area (Å²) < 4.78 is 3.13. The standard InChI is InChI=1S/C49H53Ge.CH3.Zn/c1-28-20-32(5)44(33(6)21-28)40-16-14-17-41(45-34(7)22-29(2)23-35(45)8)48(40)50(13)49-42(46-36(9)24-30(3)25-37(46)10)18-15-19-43(49)47-38(11)26-31(4)27-39(47)12;;/h14-27H,1-13H3;1H3;/q;-1;. The van der Waals surface area contributed by atoms with E-state index in [1.165, 1.54) is 111 Å². The zero-order valence-electron chi connectivity index (χ0n) is 34.3. The molecular weight excluding hydrogens is 739 g/mol. The van der Waals surface area contributed by atoms with Gasteiger partial charge in [-0.1, -0.05) is 0 Å². The van der Waals surface area contributed by atoms with Gasteiger partial charge in [-0.05, 0) is 0 Å². The number of hydrogen-bond acceptors (Lipinski definition) is 0. The molecule has 0 aromatic heterocycles. The third-order valence-corrected chi connectivity index (χ3v) is 16.1. The van der Waals surface area contributed by atoms with Crippen LogP contribution in [0.2, 0.25) is 5.76 Å². The van der Waals surface area contributed by atoms with Crippen LogP contribution in [0.25, 0.3) is 44.5 Å². The number of benzene rings is 6. The van der Waals surface area contributed by atoms with Gasteiger partial charge in [-0.15, -0.1) is 0 Å². The van der Waals surface area contributed by atoms with Crippen molar-refractivity contribution in [3.8, 4) is 44.5 Å². The molecule has 0 spiro atoms. The summed E-state index contributed by atoms with van der Waals surface area (Å²) in [4.78, 5) is 0. The fourth-order valence-corrected chi connectivity index (χ4v) is 15.0. The summed E-state index contributed by atoms with van der Waals surface area (Å²) in [5, 5.41) is 0. The maximum atomic E-state index is 2.64. The molecule has 6 aromatic carbocycles. The predicted molar refractivity (Wildman–Crippen MR) is 229 cm³/mol. The molecule has 263 valence electrons. The first-order chi connectivity index (χ1) is 23.7. The number of rotatable bonds is 6. The summed E-state index contributed by atoms with van der Waals surface area (Å²) in [5.41, 5.74) is 27.3. The Morgan fingerprint density at radius 1 is 0.327 bits per heavy atom. The maximum absolute atomic E-state index is 2.64. The Labute approximate surface area is 333 Å². The van der Waals surface area contributed by atoms with Crippen molar-refractivity contribution < 1.29 is 19.5 Å². The SMILES string of the molecule is Cc1cc(C)c(-c2cccc(-c3c(C)cc(C)cc3C)[c]2[Ge]([CH3])[c]2c(-c3c(C)cc(C)cc3C)cccc2-c2c(C)cc(C)cc2C)c(C)c1.[CH3-].[Zn]. The van der Waals surface area contributed by atoms with Crippen LogP contribution in [-0.2, 0) is 19.5 Å². The zero-order valence-corrected chi connectivity index (χ0v) is 39.4. The van der Waals surface area contributed by atoms with E-state index in [-0.39, 0.29) is 26.9 Å². The van der Waals surface area contributed by atoms with Crippen LogP contribution in [0.15, 0.2) is 84.9 Å². The van der Waals surface area contributed by atoms with Crippen molar-refractivity contribution in [3.05, 3.63) is 159 Å². The Morgan fingerprint density at radius 2 is 0.500 bits per heavy atom. The molecule has 6 aromatic rings. The second kappa shape index (κ2) is 16.2. The largest absolute Gasteiger partial charge is 0.358 e. The van der Waals surface area contributed by atoms with Crippen LogP contribution in [0.5, 0.6) is 0 Å². The number of aryl methyl sites for hydroxylation is 12. The van der Waals surface area contributed by atoms with Crippen molar-refractivity contribution in [3.63, 3.8) is 0 Å². The van der Waals surface area contributed by atoms with Crippen molar-refractivity contribution >= 4 is 23.1 Å². The van der Waals surface area contributed by atoms with Gasteiger partial charge in [0.1, 0.15) is 0 Å². The minimum absolute atomic E-state index is 0. The molecule has 2 heteroatoms. The van der Waals surface area contributed by atoms with Gasteiger partial charge in [0.15, 0.2) is 0 Å². The fourth-order valence-electron chi connectivity index (χ4n) is 9.29. The fraction of sp³-hybridized carbons (Fsp3) is 0.260. The molecule has 0 aliphatic heterocycles. The van der Waals surface area contributed by atoms with Gasteiger partial charge < -0.3 is 7.43 Å². The van der Waals surface area contributed by atoms with Crippen molar-refractivity contribution in [1.82, 2.24) is 0 Å². The first-order valence-corrected chi connectivity index (χ1v) is 22.3. The monoisotopic (exact) mass is 794 g/mol. The van der Waals surface area contributed by atoms with Gasteiger partial charge in [0, 0.05) is 19.5 Å². The Morgan fingerprint density at radius 3 is 0.673 bits per heavy atom. The summed E-state index contributed by atoms with van der Waals surface area (Å²) in [5.74, 6) is 2.64. The van der Waals surface area contributed by atoms with Gasteiger partial charge in [0.2, 0.25) is 0 Å². The zero-order chi connectivity index (χ0) is 36.2. The van der Waals surface area contributed by atoms with E-state index >= 15 is 0 Å². The molecule has 0 atom stereocenters. The first-order valence-electron chi connectivity index (χ1n) is 18.1. The van der Waals surface area contributed by atoms with E-state index in [1.807, 2.05) is 0 Å². The molecule has 1 radical (unpaired) electrons. The van der Waals surface area contributed by atoms with E-state index in [2.05, 4.69) is 174 Å². The third kappa shape index (κ3) is 7.60. The minimum atomic E-state index is -2.38. The van der Waals surface area contributed by atoms with Crippen molar-refractivity contribution in [2.24, 2.45) is 0 Å². The molecule has 0 fully saturated rings. The topological polar surface area (TPSA) is 0 Å². The van der Waals surface area contributed by atoms with Gasteiger partial charge in [0.25, 0.3) is 0 Å². The second-order valence-electron chi connectivity index (χ2n) is 15.2. The maximum Gasteiger partial charge on any atom is 0 e. The van der Waals surface area contributed by atoms with E-state index in [9.17, 15) is 0 Å². The number of hydrogen-bond donors (Lipinski definition) is 0. The van der Waals surface area contributed by atoms with Crippen LogP contribution in [0.1, 0.15) is 66.8 Å². The van der Waals surface area contributed by atoms with Gasteiger partial charge >= 0.3 is 308 Å². The summed E-state index contributed by atoms with van der Waals surface area (Å²) in [6, 6.07) is 33.3. The molecule has 0 bridgehead atoms. The van der Waals surface area contributed by atoms with E-state index in [0.29, 0.717) is 0 Å². The quantitative estimate of drug-likeness (QED) is 0.116. The van der Waals surface area contributed by atoms with Crippen LogP contribution in [0, 0.1) is 90.5 Å². The molecule has 0 aliphatic carbocycles. The molecular formula is C50H56GeZn-. The van der Waals surface area contributed by atoms with E-state index < -0.39 is 14.3 Å². The Balaban J connectivity index is 0.00000302. The van der Waals surface area contributed by atoms with Crippen LogP contribution in [0.4, 0.5) is 0 Å². The smallest absolute Gasteiger partial charge is 0 e. The molecule has 0 unspecified atom stereocenters. The first kappa shape index (κ1) is 41.2. The van der Waals surface area contributed by atoms with E-state index in [0.717, 1.165) is 0 Å². The van der Waals surface area contributed by atoms with Crippen LogP contribution in [0.3, 0.4) is 0 Å². The molecule has 0 nitrogen and oxygen atoms in total.